The van der Waals surface area contributed by atoms with Crippen LogP contribution in [0.4, 0.5) is 11.4 Å². The van der Waals surface area contributed by atoms with Crippen LogP contribution in [0.5, 0.6) is 0 Å². The van der Waals surface area contributed by atoms with Crippen LogP contribution in [0.2, 0.25) is 0 Å². The molecule has 0 unspecified atom stereocenters. The van der Waals surface area contributed by atoms with Gasteiger partial charge in [-0.2, -0.15) is 0 Å². The first-order chi connectivity index (χ1) is 13.5. The smallest absolute Gasteiger partial charge is 0.257 e. The molecule has 1 fully saturated rings. The summed E-state index contributed by atoms with van der Waals surface area (Å²) in [5, 5.41) is 4.34. The van der Waals surface area contributed by atoms with Gasteiger partial charge in [-0.05, 0) is 62.4 Å². The van der Waals surface area contributed by atoms with Crippen LogP contribution in [-0.2, 0) is 0 Å². The number of rotatable bonds is 3. The fourth-order valence-electron chi connectivity index (χ4n) is 3.88. The molecule has 0 saturated carbocycles. The van der Waals surface area contributed by atoms with E-state index in [4.69, 9.17) is 0 Å². The molecule has 1 N–H and O–H groups in total. The minimum atomic E-state index is 0.0386. The topological polar surface area (TPSA) is 58.1 Å². The van der Waals surface area contributed by atoms with Crippen LogP contribution in [0.25, 0.3) is 11.0 Å². The normalized spacial score (nSPS) is 17.0. The summed E-state index contributed by atoms with van der Waals surface area (Å²) in [4.78, 5) is 24.4. The fraction of sp³-hybridized carbons (Fsp3) is 0.348. The minimum absolute atomic E-state index is 0.0386. The van der Waals surface area contributed by atoms with Crippen molar-refractivity contribution in [3.8, 4) is 0 Å². The van der Waals surface area contributed by atoms with Gasteiger partial charge in [-0.3, -0.25) is 4.79 Å². The molecule has 0 aliphatic carbocycles. The van der Waals surface area contributed by atoms with Crippen molar-refractivity contribution in [1.82, 2.24) is 14.9 Å². The van der Waals surface area contributed by atoms with Crippen LogP contribution in [0, 0.1) is 19.8 Å². The van der Waals surface area contributed by atoms with Gasteiger partial charge in [0.15, 0.2) is 5.65 Å². The molecular formula is C23H26N4O. The number of anilines is 2. The average Bonchev–Trinajstić information content (AvgIpc) is 2.67. The Hall–Kier alpha value is -2.95. The van der Waals surface area contributed by atoms with E-state index in [0.29, 0.717) is 17.1 Å². The number of aryl methyl sites for hydroxylation is 2. The first-order valence-corrected chi connectivity index (χ1v) is 9.90. The number of benzene rings is 1. The predicted molar refractivity (Wildman–Crippen MR) is 113 cm³/mol. The Kier molecular flexibility index (Phi) is 4.99. The second kappa shape index (κ2) is 7.58. The van der Waals surface area contributed by atoms with Gasteiger partial charge in [-0.1, -0.05) is 19.1 Å². The molecule has 2 aromatic heterocycles. The molecule has 5 heteroatoms. The molecule has 1 amide bonds. The molecule has 5 nitrogen and oxygen atoms in total. The molecular weight excluding hydrogens is 348 g/mol. The molecule has 0 radical (unpaired) electrons. The van der Waals surface area contributed by atoms with E-state index in [1.54, 1.807) is 6.20 Å². The van der Waals surface area contributed by atoms with Crippen LogP contribution >= 0.6 is 0 Å². The summed E-state index contributed by atoms with van der Waals surface area (Å²) in [5.41, 5.74) is 5.06. The Balaban J connectivity index is 1.80. The number of fused-ring (bicyclic) bond motifs is 1. The first kappa shape index (κ1) is 18.4. The molecule has 4 rings (SSSR count). The first-order valence-electron chi connectivity index (χ1n) is 9.90. The van der Waals surface area contributed by atoms with Crippen LogP contribution in [-0.4, -0.2) is 33.9 Å². The van der Waals surface area contributed by atoms with Crippen LogP contribution in [0.3, 0.4) is 0 Å². The van der Waals surface area contributed by atoms with E-state index in [2.05, 4.69) is 41.3 Å². The lowest BCUT2D eigenvalue weighted by Gasteiger charge is -2.31. The number of aromatic nitrogens is 2. The Morgan fingerprint density at radius 1 is 1.21 bits per heavy atom. The summed E-state index contributed by atoms with van der Waals surface area (Å²) in [5.74, 6) is 0.570. The van der Waals surface area contributed by atoms with Crippen molar-refractivity contribution in [3.05, 3.63) is 59.4 Å². The van der Waals surface area contributed by atoms with Gasteiger partial charge in [-0.15, -0.1) is 0 Å². The van der Waals surface area contributed by atoms with Crippen molar-refractivity contribution < 1.29 is 4.79 Å². The maximum atomic E-state index is 13.4. The molecule has 3 heterocycles. The molecule has 144 valence electrons. The number of piperidine rings is 1. The summed E-state index contributed by atoms with van der Waals surface area (Å²) >= 11 is 0. The molecule has 1 aliphatic rings. The van der Waals surface area contributed by atoms with Gasteiger partial charge in [0.05, 0.1) is 11.3 Å². The van der Waals surface area contributed by atoms with E-state index in [9.17, 15) is 4.79 Å². The van der Waals surface area contributed by atoms with Crippen molar-refractivity contribution in [2.45, 2.75) is 33.6 Å². The molecule has 1 atom stereocenters. The number of pyridine rings is 2. The predicted octanol–water partition coefficient (Wildman–Crippen LogP) is 4.86. The minimum Gasteiger partial charge on any atom is -0.354 e. The number of carbonyl (C=O) groups is 1. The van der Waals surface area contributed by atoms with E-state index < -0.39 is 0 Å². The van der Waals surface area contributed by atoms with E-state index in [1.165, 1.54) is 6.42 Å². The van der Waals surface area contributed by atoms with Gasteiger partial charge in [0, 0.05) is 36.1 Å². The number of hydrogen-bond acceptors (Lipinski definition) is 4. The third-order valence-electron chi connectivity index (χ3n) is 5.33. The number of carbonyl (C=O) groups excluding carboxylic acids is 1. The highest BCUT2D eigenvalue weighted by molar-refractivity contribution is 6.07. The van der Waals surface area contributed by atoms with Gasteiger partial charge < -0.3 is 10.2 Å². The third-order valence-corrected chi connectivity index (χ3v) is 5.33. The summed E-state index contributed by atoms with van der Waals surface area (Å²) in [7, 11) is 0. The highest BCUT2D eigenvalue weighted by Crippen LogP contribution is 2.31. The van der Waals surface area contributed by atoms with E-state index in [0.717, 1.165) is 47.5 Å². The van der Waals surface area contributed by atoms with Crippen LogP contribution < -0.4 is 5.32 Å². The lowest BCUT2D eigenvalue weighted by molar-refractivity contribution is 0.0684. The molecule has 0 spiro atoms. The van der Waals surface area contributed by atoms with Gasteiger partial charge in [-0.25, -0.2) is 9.97 Å². The standard InChI is InChI=1S/C23H26N4O/c1-15-6-4-8-18(12-15)26-21-19-10-9-17(3)25-22(19)24-13-20(21)23(28)27-11-5-7-16(2)14-27/h4,6,8-10,12-13,16H,5,7,11,14H2,1-3H3,(H,24,25,26)/t16-/m0/s1. The SMILES string of the molecule is Cc1cccc(Nc2c(C(=O)N3CCC[C@H](C)C3)cnc3nc(C)ccc23)c1. The summed E-state index contributed by atoms with van der Waals surface area (Å²) in [6.45, 7) is 7.81. The summed E-state index contributed by atoms with van der Waals surface area (Å²) in [6.07, 6.45) is 3.90. The zero-order valence-electron chi connectivity index (χ0n) is 16.7. The number of hydrogen-bond donors (Lipinski definition) is 1. The monoisotopic (exact) mass is 374 g/mol. The molecule has 1 saturated heterocycles. The van der Waals surface area contributed by atoms with E-state index in [1.807, 2.05) is 36.1 Å². The van der Waals surface area contributed by atoms with Crippen LogP contribution in [0.15, 0.2) is 42.6 Å². The Morgan fingerprint density at radius 3 is 2.86 bits per heavy atom. The van der Waals surface area contributed by atoms with Crippen molar-refractivity contribution in [2.75, 3.05) is 18.4 Å². The van der Waals surface area contributed by atoms with Gasteiger partial charge in [0.2, 0.25) is 0 Å². The number of amides is 1. The lowest BCUT2D eigenvalue weighted by Crippen LogP contribution is -2.39. The zero-order valence-corrected chi connectivity index (χ0v) is 16.7. The lowest BCUT2D eigenvalue weighted by atomic mass is 9.99. The van der Waals surface area contributed by atoms with Crippen LogP contribution in [0.1, 0.15) is 41.4 Å². The quantitative estimate of drug-likeness (QED) is 0.711. The molecule has 0 bridgehead atoms. The second-order valence-corrected chi connectivity index (χ2v) is 7.86. The second-order valence-electron chi connectivity index (χ2n) is 7.86. The third kappa shape index (κ3) is 3.70. The van der Waals surface area contributed by atoms with Crippen molar-refractivity contribution in [2.24, 2.45) is 5.92 Å². The molecule has 3 aromatic rings. The molecule has 28 heavy (non-hydrogen) atoms. The van der Waals surface area contributed by atoms with E-state index in [-0.39, 0.29) is 5.91 Å². The van der Waals surface area contributed by atoms with Crippen molar-refractivity contribution >= 4 is 28.3 Å². The Bertz CT molecular complexity index is 1030. The fourth-order valence-corrected chi connectivity index (χ4v) is 3.88. The molecule has 1 aromatic carbocycles. The maximum absolute atomic E-state index is 13.4. The largest absolute Gasteiger partial charge is 0.354 e. The highest BCUT2D eigenvalue weighted by Gasteiger charge is 2.25. The van der Waals surface area contributed by atoms with Gasteiger partial charge in [0.25, 0.3) is 5.91 Å². The number of nitrogens with zero attached hydrogens (tertiary/aromatic N) is 3. The molecule has 1 aliphatic heterocycles. The van der Waals surface area contributed by atoms with Crippen molar-refractivity contribution in [3.63, 3.8) is 0 Å². The Morgan fingerprint density at radius 2 is 2.07 bits per heavy atom. The summed E-state index contributed by atoms with van der Waals surface area (Å²) < 4.78 is 0. The maximum Gasteiger partial charge on any atom is 0.257 e. The summed E-state index contributed by atoms with van der Waals surface area (Å²) in [6, 6.07) is 12.1. The van der Waals surface area contributed by atoms with Crippen molar-refractivity contribution in [1.29, 1.82) is 0 Å². The zero-order chi connectivity index (χ0) is 19.7. The van der Waals surface area contributed by atoms with Gasteiger partial charge >= 0.3 is 0 Å². The number of likely N-dealkylation sites (tertiary alicyclic amines) is 1. The van der Waals surface area contributed by atoms with Gasteiger partial charge in [0.1, 0.15) is 0 Å². The van der Waals surface area contributed by atoms with E-state index >= 15 is 0 Å². The average molecular weight is 374 g/mol. The highest BCUT2D eigenvalue weighted by atomic mass is 16.2. The number of nitrogens with one attached hydrogen (secondary N) is 1. The Labute approximate surface area is 165 Å².